The second kappa shape index (κ2) is 9.17. The van der Waals surface area contributed by atoms with Crippen molar-refractivity contribution in [3.05, 3.63) is 95.1 Å². The molecule has 2 atom stereocenters. The van der Waals surface area contributed by atoms with Gasteiger partial charge in [-0.05, 0) is 59.7 Å². The van der Waals surface area contributed by atoms with Gasteiger partial charge < -0.3 is 14.7 Å². The van der Waals surface area contributed by atoms with Crippen LogP contribution in [0.15, 0.2) is 72.8 Å². The van der Waals surface area contributed by atoms with Gasteiger partial charge in [-0.2, -0.15) is 8.78 Å². The van der Waals surface area contributed by atoms with Crippen molar-refractivity contribution in [1.29, 1.82) is 0 Å². The number of carbonyl (C=O) groups is 1. The van der Waals surface area contributed by atoms with Gasteiger partial charge in [-0.25, -0.2) is 4.79 Å². The van der Waals surface area contributed by atoms with Gasteiger partial charge in [0.2, 0.25) is 0 Å². The molecule has 3 aromatic carbocycles. The van der Waals surface area contributed by atoms with Crippen molar-refractivity contribution in [1.82, 2.24) is 0 Å². The summed E-state index contributed by atoms with van der Waals surface area (Å²) in [5, 5.41) is 10.3. The summed E-state index contributed by atoms with van der Waals surface area (Å²) in [6, 6.07) is 20.6. The van der Waals surface area contributed by atoms with Crippen LogP contribution in [0.3, 0.4) is 0 Å². The molecular weight excluding hydrogens is 551 g/mol. The molecule has 34 heavy (non-hydrogen) atoms. The zero-order valence-corrected chi connectivity index (χ0v) is 20.5. The lowest BCUT2D eigenvalue weighted by Crippen LogP contribution is -2.40. The van der Waals surface area contributed by atoms with E-state index in [1.807, 2.05) is 53.4 Å². The maximum absolute atomic E-state index is 13.9. The van der Waals surface area contributed by atoms with Crippen LogP contribution in [-0.2, 0) is 15.3 Å². The van der Waals surface area contributed by atoms with E-state index in [1.165, 1.54) is 25.0 Å². The third-order valence-corrected chi connectivity index (χ3v) is 7.14. The van der Waals surface area contributed by atoms with Gasteiger partial charge in [0.25, 0.3) is 0 Å². The van der Waals surface area contributed by atoms with Gasteiger partial charge in [-0.15, -0.1) is 0 Å². The fourth-order valence-electron chi connectivity index (χ4n) is 4.65. The van der Waals surface area contributed by atoms with Gasteiger partial charge in [-0.1, -0.05) is 48.5 Å². The Bertz CT molecular complexity index is 1190. The molecule has 1 aliphatic carbocycles. The number of hydrogen-bond acceptors (Lipinski definition) is 3. The Kier molecular flexibility index (Phi) is 6.22. The summed E-state index contributed by atoms with van der Waals surface area (Å²) < 4.78 is 30.6. The van der Waals surface area contributed by atoms with Crippen molar-refractivity contribution in [2.24, 2.45) is 5.92 Å². The molecule has 1 heterocycles. The summed E-state index contributed by atoms with van der Waals surface area (Å²) in [6.45, 7) is 0.931. The number of anilines is 1. The van der Waals surface area contributed by atoms with E-state index in [2.05, 4.69) is 0 Å². The van der Waals surface area contributed by atoms with Crippen molar-refractivity contribution in [2.45, 2.75) is 35.3 Å². The lowest BCUT2D eigenvalue weighted by atomic mass is 9.87. The highest BCUT2D eigenvalue weighted by Gasteiger charge is 2.43. The van der Waals surface area contributed by atoms with Crippen molar-refractivity contribution in [3.63, 3.8) is 0 Å². The van der Waals surface area contributed by atoms with Crippen molar-refractivity contribution in [2.75, 3.05) is 11.5 Å². The number of carboxylic acid groups (broad SMARTS) is 1. The average Bonchev–Trinajstić information content (AvgIpc) is 3.59. The van der Waals surface area contributed by atoms with Crippen LogP contribution in [0.4, 0.5) is 14.5 Å². The molecule has 0 radical (unpaired) electrons. The third-order valence-electron chi connectivity index (χ3n) is 6.51. The second-order valence-electron chi connectivity index (χ2n) is 8.97. The Balaban J connectivity index is 1.47. The zero-order chi connectivity index (χ0) is 23.9. The number of halogens is 3. The topological polar surface area (TPSA) is 49.8 Å². The lowest BCUT2D eigenvalue weighted by molar-refractivity contribution is -0.138. The molecule has 0 aromatic heterocycles. The molecule has 2 unspecified atom stereocenters. The minimum atomic E-state index is -2.99. The van der Waals surface area contributed by atoms with Gasteiger partial charge in [0.15, 0.2) is 0 Å². The Hall–Kier alpha value is -2.68. The molecule has 5 rings (SSSR count). The number of hydrogen-bond donors (Lipinski definition) is 1. The normalized spacial score (nSPS) is 19.7. The first-order valence-corrected chi connectivity index (χ1v) is 12.4. The molecule has 2 aliphatic rings. The number of alkyl halides is 3. The van der Waals surface area contributed by atoms with Gasteiger partial charge in [0.05, 0.1) is 6.61 Å². The summed E-state index contributed by atoms with van der Waals surface area (Å²) in [7, 11) is 0. The van der Waals surface area contributed by atoms with Gasteiger partial charge >= 0.3 is 9.90 Å². The quantitative estimate of drug-likeness (QED) is 0.244. The molecule has 0 spiro atoms. The molecule has 4 nitrogen and oxygen atoms in total. The monoisotopic (exact) mass is 575 g/mol. The minimum absolute atomic E-state index is 0.0942. The molecule has 0 saturated heterocycles. The SMILES string of the molecule is O=C(O)C1C(c2ccc(OCC3CC3)cc2)c2ccccc2N1Cc1cccc(C(F)(F)I)c1. The first kappa shape index (κ1) is 23.1. The number of benzene rings is 3. The minimum Gasteiger partial charge on any atom is -0.493 e. The Morgan fingerprint density at radius 1 is 1.06 bits per heavy atom. The largest absolute Gasteiger partial charge is 0.493 e. The summed E-state index contributed by atoms with van der Waals surface area (Å²) in [5.74, 6) is 0.0882. The van der Waals surface area contributed by atoms with E-state index in [0.717, 1.165) is 45.2 Å². The zero-order valence-electron chi connectivity index (χ0n) is 18.3. The van der Waals surface area contributed by atoms with Crippen molar-refractivity contribution in [3.8, 4) is 5.75 Å². The van der Waals surface area contributed by atoms with Crippen molar-refractivity contribution < 1.29 is 23.4 Å². The lowest BCUT2D eigenvalue weighted by Gasteiger charge is -2.28. The maximum atomic E-state index is 13.9. The Labute approximate surface area is 210 Å². The third kappa shape index (κ3) is 4.76. The number of ether oxygens (including phenoxy) is 1. The molecule has 7 heteroatoms. The van der Waals surface area contributed by atoms with Crippen molar-refractivity contribution >= 4 is 34.2 Å². The molecule has 0 amide bonds. The molecule has 3 aromatic rings. The van der Waals surface area contributed by atoms with E-state index in [-0.39, 0.29) is 18.0 Å². The molecular formula is C27H24F2INO3. The summed E-state index contributed by atoms with van der Waals surface area (Å²) in [5.41, 5.74) is 3.15. The van der Waals surface area contributed by atoms with E-state index >= 15 is 0 Å². The predicted octanol–water partition coefficient (Wildman–Crippen LogP) is 6.57. The number of fused-ring (bicyclic) bond motifs is 1. The van der Waals surface area contributed by atoms with Crippen LogP contribution in [0.1, 0.15) is 41.0 Å². The van der Waals surface area contributed by atoms with E-state index in [0.29, 0.717) is 18.1 Å². The maximum Gasteiger partial charge on any atom is 0.327 e. The summed E-state index contributed by atoms with van der Waals surface area (Å²) in [6.07, 6.45) is 2.43. The van der Waals surface area contributed by atoms with Crippen LogP contribution >= 0.6 is 22.6 Å². The van der Waals surface area contributed by atoms with Gasteiger partial charge in [0.1, 0.15) is 11.8 Å². The predicted molar refractivity (Wildman–Crippen MR) is 135 cm³/mol. The van der Waals surface area contributed by atoms with E-state index in [4.69, 9.17) is 4.74 Å². The molecule has 1 fully saturated rings. The Morgan fingerprint density at radius 2 is 1.79 bits per heavy atom. The highest BCUT2D eigenvalue weighted by Crippen LogP contribution is 2.46. The first-order chi connectivity index (χ1) is 16.3. The molecule has 1 aliphatic heterocycles. The molecule has 176 valence electrons. The van der Waals surface area contributed by atoms with E-state index in [9.17, 15) is 18.7 Å². The molecule has 1 saturated carbocycles. The number of para-hydroxylation sites is 1. The van der Waals surface area contributed by atoms with Crippen LogP contribution in [-0.4, -0.2) is 23.7 Å². The summed E-state index contributed by atoms with van der Waals surface area (Å²) in [4.78, 5) is 14.4. The highest BCUT2D eigenvalue weighted by atomic mass is 127. The second-order valence-corrected chi connectivity index (χ2v) is 10.3. The van der Waals surface area contributed by atoms with Crippen LogP contribution < -0.4 is 9.64 Å². The number of carboxylic acids is 1. The summed E-state index contributed by atoms with van der Waals surface area (Å²) >= 11 is 1.11. The van der Waals surface area contributed by atoms with Gasteiger partial charge in [0, 0.05) is 46.3 Å². The number of rotatable bonds is 8. The molecule has 0 bridgehead atoms. The number of aliphatic carboxylic acids is 1. The highest BCUT2D eigenvalue weighted by molar-refractivity contribution is 14.1. The Morgan fingerprint density at radius 3 is 2.47 bits per heavy atom. The molecule has 1 N–H and O–H groups in total. The fourth-order valence-corrected chi connectivity index (χ4v) is 4.98. The fraction of sp³-hybridized carbons (Fsp3) is 0.296. The smallest absolute Gasteiger partial charge is 0.327 e. The van der Waals surface area contributed by atoms with Crippen LogP contribution in [0.25, 0.3) is 0 Å². The van der Waals surface area contributed by atoms with E-state index < -0.39 is 15.9 Å². The average molecular weight is 575 g/mol. The number of nitrogens with zero attached hydrogens (tertiary/aromatic N) is 1. The van der Waals surface area contributed by atoms with Crippen LogP contribution in [0.2, 0.25) is 0 Å². The van der Waals surface area contributed by atoms with Crippen LogP contribution in [0, 0.1) is 5.92 Å². The van der Waals surface area contributed by atoms with Crippen LogP contribution in [0.5, 0.6) is 5.75 Å². The first-order valence-electron chi connectivity index (χ1n) is 11.3. The van der Waals surface area contributed by atoms with E-state index in [1.54, 1.807) is 12.1 Å². The van der Waals surface area contributed by atoms with Gasteiger partial charge in [-0.3, -0.25) is 0 Å². The standard InChI is InChI=1S/C27H24F2INO3/c28-27(29,30)20-5-3-4-18(14-20)15-31-23-7-2-1-6-22(23)24(25(31)26(32)33)19-10-12-21(13-11-19)34-16-17-8-9-17/h1-7,10-14,17,24-25H,8-9,15-16H2,(H,32,33).